The molecule has 2 unspecified atom stereocenters. The summed E-state index contributed by atoms with van der Waals surface area (Å²) in [6, 6.07) is 22.6. The Hall–Kier alpha value is -4.84. The zero-order valence-corrected chi connectivity index (χ0v) is 27.4. The Morgan fingerprint density at radius 2 is 1.35 bits per heavy atom. The smallest absolute Gasteiger partial charge is 0.382 e. The molecule has 9 nitrogen and oxygen atoms in total. The third-order valence-corrected chi connectivity index (χ3v) is 8.21. The SMILES string of the molecule is CC(C)[C@H](CC(=O)c1ccc(-c2ccccc2)cc1)C(=O)N[C@@H](Cc1ccccc1)C(=O)CCC(=O)NC(CCC(N)=O)C(O)C(F)(F)F. The Labute approximate surface area is 283 Å². The molecule has 3 aromatic carbocycles. The van der Waals surface area contributed by atoms with Gasteiger partial charge in [0.2, 0.25) is 17.7 Å². The van der Waals surface area contributed by atoms with Crippen LogP contribution in [0.2, 0.25) is 0 Å². The van der Waals surface area contributed by atoms with Crippen LogP contribution in [0.25, 0.3) is 11.1 Å². The van der Waals surface area contributed by atoms with Gasteiger partial charge in [-0.2, -0.15) is 13.2 Å². The molecule has 3 aromatic rings. The Bertz CT molecular complexity index is 1560. The Morgan fingerprint density at radius 1 is 0.776 bits per heavy atom. The zero-order chi connectivity index (χ0) is 36.1. The number of Topliss-reactive ketones (excluding diaryl/α,β-unsaturated/α-hetero) is 2. The molecule has 0 fully saturated rings. The fourth-order valence-corrected chi connectivity index (χ4v) is 5.33. The highest BCUT2D eigenvalue weighted by molar-refractivity contribution is 6.00. The van der Waals surface area contributed by atoms with Crippen LogP contribution >= 0.6 is 0 Å². The van der Waals surface area contributed by atoms with Gasteiger partial charge in [-0.05, 0) is 35.4 Å². The highest BCUT2D eigenvalue weighted by Crippen LogP contribution is 2.25. The number of nitrogens with two attached hydrogens (primary N) is 1. The van der Waals surface area contributed by atoms with Gasteiger partial charge in [-0.3, -0.25) is 24.0 Å². The van der Waals surface area contributed by atoms with Gasteiger partial charge < -0.3 is 21.5 Å². The van der Waals surface area contributed by atoms with E-state index < -0.39 is 79.5 Å². The van der Waals surface area contributed by atoms with E-state index in [2.05, 4.69) is 10.6 Å². The second kappa shape index (κ2) is 18.1. The van der Waals surface area contributed by atoms with Crippen molar-refractivity contribution in [2.24, 2.45) is 17.6 Å². The summed E-state index contributed by atoms with van der Waals surface area (Å²) in [6.07, 6.45) is -10.1. The predicted molar refractivity (Wildman–Crippen MR) is 178 cm³/mol. The van der Waals surface area contributed by atoms with Gasteiger partial charge in [0.05, 0.1) is 12.1 Å². The number of carbonyl (C=O) groups excluding carboxylic acids is 5. The molecule has 0 aliphatic rings. The molecule has 0 aromatic heterocycles. The summed E-state index contributed by atoms with van der Waals surface area (Å²) < 4.78 is 39.5. The second-order valence-electron chi connectivity index (χ2n) is 12.3. The number of aliphatic hydroxyl groups excluding tert-OH is 1. The van der Waals surface area contributed by atoms with Gasteiger partial charge in [0.1, 0.15) is 0 Å². The topological polar surface area (TPSA) is 156 Å². The van der Waals surface area contributed by atoms with Crippen LogP contribution in [0.5, 0.6) is 0 Å². The minimum absolute atomic E-state index is 0.0702. The van der Waals surface area contributed by atoms with Gasteiger partial charge >= 0.3 is 6.18 Å². The third kappa shape index (κ3) is 12.3. The number of carbonyl (C=O) groups is 5. The first-order valence-corrected chi connectivity index (χ1v) is 16.0. The number of aliphatic hydroxyl groups is 1. The average molecular weight is 682 g/mol. The van der Waals surface area contributed by atoms with Crippen molar-refractivity contribution in [2.45, 2.75) is 76.7 Å². The van der Waals surface area contributed by atoms with Crippen LogP contribution in [0.4, 0.5) is 13.2 Å². The average Bonchev–Trinajstić information content (AvgIpc) is 3.07. The minimum Gasteiger partial charge on any atom is -0.382 e. The first-order chi connectivity index (χ1) is 23.1. The van der Waals surface area contributed by atoms with Gasteiger partial charge in [-0.1, -0.05) is 98.8 Å². The molecule has 0 spiro atoms. The van der Waals surface area contributed by atoms with Crippen molar-refractivity contribution in [1.29, 1.82) is 0 Å². The molecular formula is C37H42F3N3O6. The number of nitrogens with one attached hydrogen (secondary N) is 2. The molecule has 0 heterocycles. The molecule has 0 aliphatic heterocycles. The number of ketones is 2. The van der Waals surface area contributed by atoms with Crippen molar-refractivity contribution in [3.05, 3.63) is 96.1 Å². The molecule has 49 heavy (non-hydrogen) atoms. The summed E-state index contributed by atoms with van der Waals surface area (Å²) in [5.41, 5.74) is 8.10. The van der Waals surface area contributed by atoms with E-state index in [-0.39, 0.29) is 24.5 Å². The lowest BCUT2D eigenvalue weighted by molar-refractivity contribution is -0.212. The number of benzene rings is 3. The normalized spacial score (nSPS) is 13.9. The third-order valence-electron chi connectivity index (χ3n) is 8.21. The van der Waals surface area contributed by atoms with Crippen LogP contribution < -0.4 is 16.4 Å². The quantitative estimate of drug-likeness (QED) is 0.139. The van der Waals surface area contributed by atoms with Gasteiger partial charge in [0, 0.05) is 37.2 Å². The second-order valence-corrected chi connectivity index (χ2v) is 12.3. The van der Waals surface area contributed by atoms with Crippen molar-refractivity contribution >= 4 is 29.3 Å². The van der Waals surface area contributed by atoms with Gasteiger partial charge in [-0.25, -0.2) is 0 Å². The van der Waals surface area contributed by atoms with Crippen molar-refractivity contribution in [1.82, 2.24) is 10.6 Å². The summed E-state index contributed by atoms with van der Waals surface area (Å²) in [5, 5.41) is 14.5. The van der Waals surface area contributed by atoms with E-state index in [1.54, 1.807) is 56.3 Å². The van der Waals surface area contributed by atoms with Crippen LogP contribution in [0.1, 0.15) is 61.9 Å². The predicted octanol–water partition coefficient (Wildman–Crippen LogP) is 4.95. The maximum Gasteiger partial charge on any atom is 0.416 e. The fraction of sp³-hybridized carbons (Fsp3) is 0.378. The molecule has 12 heteroatoms. The molecule has 3 rings (SSSR count). The highest BCUT2D eigenvalue weighted by Gasteiger charge is 2.44. The van der Waals surface area contributed by atoms with Gasteiger partial charge in [-0.15, -0.1) is 0 Å². The van der Waals surface area contributed by atoms with Crippen molar-refractivity contribution in [3.63, 3.8) is 0 Å². The molecule has 262 valence electrons. The number of hydrogen-bond donors (Lipinski definition) is 4. The van der Waals surface area contributed by atoms with E-state index in [0.29, 0.717) is 11.1 Å². The van der Waals surface area contributed by atoms with Crippen LogP contribution in [0, 0.1) is 11.8 Å². The number of hydrogen-bond acceptors (Lipinski definition) is 6. The summed E-state index contributed by atoms with van der Waals surface area (Å²) >= 11 is 0. The molecule has 5 N–H and O–H groups in total. The molecule has 0 saturated carbocycles. The Balaban J connectivity index is 1.70. The largest absolute Gasteiger partial charge is 0.416 e. The zero-order valence-electron chi connectivity index (χ0n) is 27.4. The number of primary amides is 1. The van der Waals surface area contributed by atoms with Gasteiger partial charge in [0.15, 0.2) is 17.7 Å². The van der Waals surface area contributed by atoms with Crippen LogP contribution in [-0.4, -0.2) is 58.8 Å². The maximum atomic E-state index is 13.6. The maximum absolute atomic E-state index is 13.6. The Morgan fingerprint density at radius 3 is 1.90 bits per heavy atom. The number of halogens is 3. The number of rotatable bonds is 18. The van der Waals surface area contributed by atoms with E-state index in [1.165, 1.54) is 0 Å². The molecule has 4 atom stereocenters. The molecule has 0 radical (unpaired) electrons. The molecule has 0 aliphatic carbocycles. The molecular weight excluding hydrogens is 639 g/mol. The van der Waals surface area contributed by atoms with Crippen LogP contribution in [-0.2, 0) is 25.6 Å². The van der Waals surface area contributed by atoms with Crippen LogP contribution in [0.3, 0.4) is 0 Å². The monoisotopic (exact) mass is 681 g/mol. The van der Waals surface area contributed by atoms with E-state index in [0.717, 1.165) is 11.1 Å². The first kappa shape index (κ1) is 38.6. The van der Waals surface area contributed by atoms with Gasteiger partial charge in [0.25, 0.3) is 0 Å². The number of amides is 3. The van der Waals surface area contributed by atoms with E-state index in [9.17, 15) is 42.3 Å². The molecule has 0 bridgehead atoms. The number of alkyl halides is 3. The fourth-order valence-electron chi connectivity index (χ4n) is 5.33. The summed E-state index contributed by atoms with van der Waals surface area (Å²) in [5.74, 6) is -4.26. The molecule has 3 amide bonds. The van der Waals surface area contributed by atoms with E-state index in [1.807, 2.05) is 42.5 Å². The highest BCUT2D eigenvalue weighted by atomic mass is 19.4. The summed E-state index contributed by atoms with van der Waals surface area (Å²) in [4.78, 5) is 64.0. The lowest BCUT2D eigenvalue weighted by Gasteiger charge is -2.26. The summed E-state index contributed by atoms with van der Waals surface area (Å²) in [7, 11) is 0. The molecule has 0 saturated heterocycles. The lowest BCUT2D eigenvalue weighted by Crippen LogP contribution is -2.50. The standard InChI is InChI=1S/C37H42F3N3O6/c1-23(2)28(22-32(45)27-15-13-26(14-16-27)25-11-7-4-8-12-25)36(49)43-30(21-24-9-5-3-6-10-24)31(44)18-20-34(47)42-29(17-19-33(41)46)35(48)37(38,39)40/h3-16,23,28-30,35,48H,17-22H2,1-2H3,(H2,41,46)(H,42,47)(H,43,49)/t28-,29?,30-,35?/m0/s1. The Kier molecular flexibility index (Phi) is 14.2. The van der Waals surface area contributed by atoms with E-state index in [4.69, 9.17) is 5.73 Å². The van der Waals surface area contributed by atoms with Crippen molar-refractivity contribution in [2.75, 3.05) is 0 Å². The first-order valence-electron chi connectivity index (χ1n) is 16.0. The summed E-state index contributed by atoms with van der Waals surface area (Å²) in [6.45, 7) is 3.58. The lowest BCUT2D eigenvalue weighted by atomic mass is 9.87. The van der Waals surface area contributed by atoms with Crippen molar-refractivity contribution < 1.29 is 42.3 Å². The van der Waals surface area contributed by atoms with Crippen LogP contribution in [0.15, 0.2) is 84.9 Å². The minimum atomic E-state index is -5.07. The van der Waals surface area contributed by atoms with E-state index >= 15 is 0 Å². The van der Waals surface area contributed by atoms with Crippen molar-refractivity contribution in [3.8, 4) is 11.1 Å².